The number of amides is 2. The van der Waals surface area contributed by atoms with Gasteiger partial charge in [-0.2, -0.15) is 0 Å². The third-order valence-corrected chi connectivity index (χ3v) is 4.63. The van der Waals surface area contributed by atoms with Gasteiger partial charge in [0.05, 0.1) is 6.54 Å². The van der Waals surface area contributed by atoms with E-state index in [0.717, 1.165) is 0 Å². The molecule has 148 valence electrons. The fourth-order valence-electron chi connectivity index (χ4n) is 3.05. The Morgan fingerprint density at radius 2 is 1.82 bits per heavy atom. The van der Waals surface area contributed by atoms with Crippen LogP contribution < -0.4 is 10.1 Å². The minimum Gasteiger partial charge on any atom is -0.484 e. The number of hydrogen-bond acceptors (Lipinski definition) is 5. The van der Waals surface area contributed by atoms with Gasteiger partial charge < -0.3 is 24.5 Å². The Kier molecular flexibility index (Phi) is 6.31. The highest BCUT2D eigenvalue weighted by atomic mass is 16.5. The summed E-state index contributed by atoms with van der Waals surface area (Å²) in [5.41, 5.74) is 0. The molecule has 2 N–H and O–H groups in total. The highest BCUT2D eigenvalue weighted by Crippen LogP contribution is 2.18. The maximum absolute atomic E-state index is 12.3. The first-order chi connectivity index (χ1) is 13.5. The molecule has 8 nitrogen and oxygen atoms in total. The van der Waals surface area contributed by atoms with Gasteiger partial charge in [0, 0.05) is 19.0 Å². The summed E-state index contributed by atoms with van der Waals surface area (Å²) in [6, 6.07) is 12.0. The number of furan rings is 1. The molecule has 0 unspecified atom stereocenters. The first kappa shape index (κ1) is 19.5. The van der Waals surface area contributed by atoms with E-state index in [1.807, 2.05) is 18.2 Å². The molecule has 2 heterocycles. The SMILES string of the molecule is O=C(O)c1ccc(CNC(=O)C2CCN(C(=O)COc3ccccc3)CC2)o1. The topological polar surface area (TPSA) is 109 Å². The number of likely N-dealkylation sites (tertiary alicyclic amines) is 1. The van der Waals surface area contributed by atoms with Gasteiger partial charge in [0.2, 0.25) is 11.7 Å². The van der Waals surface area contributed by atoms with Gasteiger partial charge in [-0.1, -0.05) is 18.2 Å². The molecule has 0 saturated carbocycles. The molecule has 0 atom stereocenters. The van der Waals surface area contributed by atoms with Crippen molar-refractivity contribution in [1.29, 1.82) is 0 Å². The van der Waals surface area contributed by atoms with Crippen molar-refractivity contribution in [2.24, 2.45) is 5.92 Å². The molecule has 1 aliphatic rings. The predicted octanol–water partition coefficient (Wildman–Crippen LogP) is 1.91. The van der Waals surface area contributed by atoms with Crippen LogP contribution >= 0.6 is 0 Å². The van der Waals surface area contributed by atoms with Gasteiger partial charge in [0.25, 0.3) is 5.91 Å². The fourth-order valence-corrected chi connectivity index (χ4v) is 3.05. The van der Waals surface area contributed by atoms with Crippen LogP contribution in [0.1, 0.15) is 29.2 Å². The molecule has 1 aromatic heterocycles. The van der Waals surface area contributed by atoms with Gasteiger partial charge in [0.15, 0.2) is 6.61 Å². The molecular formula is C20H22N2O6. The molecule has 1 saturated heterocycles. The first-order valence-corrected chi connectivity index (χ1v) is 9.08. The maximum Gasteiger partial charge on any atom is 0.371 e. The number of hydrogen-bond donors (Lipinski definition) is 2. The molecule has 0 aliphatic carbocycles. The number of rotatable bonds is 7. The Labute approximate surface area is 162 Å². The summed E-state index contributed by atoms with van der Waals surface area (Å²) in [6.07, 6.45) is 1.14. The largest absolute Gasteiger partial charge is 0.484 e. The monoisotopic (exact) mass is 386 g/mol. The maximum atomic E-state index is 12.3. The lowest BCUT2D eigenvalue weighted by molar-refractivity contribution is -0.137. The second-order valence-corrected chi connectivity index (χ2v) is 6.55. The van der Waals surface area contributed by atoms with E-state index in [2.05, 4.69) is 5.32 Å². The van der Waals surface area contributed by atoms with E-state index in [-0.39, 0.29) is 36.6 Å². The van der Waals surface area contributed by atoms with E-state index in [0.29, 0.717) is 37.4 Å². The van der Waals surface area contributed by atoms with E-state index < -0.39 is 5.97 Å². The summed E-state index contributed by atoms with van der Waals surface area (Å²) >= 11 is 0. The van der Waals surface area contributed by atoms with Crippen LogP contribution in [0.15, 0.2) is 46.9 Å². The molecule has 3 rings (SSSR count). The lowest BCUT2D eigenvalue weighted by Gasteiger charge is -2.31. The van der Waals surface area contributed by atoms with Gasteiger partial charge in [-0.05, 0) is 37.1 Å². The van der Waals surface area contributed by atoms with E-state index in [1.54, 1.807) is 17.0 Å². The van der Waals surface area contributed by atoms with Crippen molar-refractivity contribution >= 4 is 17.8 Å². The number of benzene rings is 1. The van der Waals surface area contributed by atoms with Crippen LogP contribution in [0, 0.1) is 5.92 Å². The lowest BCUT2D eigenvalue weighted by Crippen LogP contribution is -2.44. The van der Waals surface area contributed by atoms with E-state index in [9.17, 15) is 14.4 Å². The number of piperidine rings is 1. The molecule has 2 amide bonds. The summed E-state index contributed by atoms with van der Waals surface area (Å²) < 4.78 is 10.6. The Bertz CT molecular complexity index is 824. The van der Waals surface area contributed by atoms with Gasteiger partial charge in [-0.15, -0.1) is 0 Å². The van der Waals surface area contributed by atoms with Gasteiger partial charge in [0.1, 0.15) is 11.5 Å². The minimum absolute atomic E-state index is 0.0225. The Balaban J connectivity index is 1.39. The van der Waals surface area contributed by atoms with Crippen molar-refractivity contribution in [3.05, 3.63) is 54.0 Å². The number of carbonyl (C=O) groups is 3. The predicted molar refractivity (Wildman–Crippen MR) is 98.8 cm³/mol. The smallest absolute Gasteiger partial charge is 0.371 e. The summed E-state index contributed by atoms with van der Waals surface area (Å²) in [6.45, 7) is 1.11. The molecule has 2 aromatic rings. The lowest BCUT2D eigenvalue weighted by atomic mass is 9.96. The second kappa shape index (κ2) is 9.07. The number of carbonyl (C=O) groups excluding carboxylic acids is 2. The molecule has 0 bridgehead atoms. The standard InChI is InChI=1S/C20H22N2O6/c23-18(13-27-15-4-2-1-3-5-15)22-10-8-14(9-11-22)19(24)21-12-16-6-7-17(28-16)20(25)26/h1-7,14H,8-13H2,(H,21,24)(H,25,26). The third kappa shape index (κ3) is 5.12. The molecule has 28 heavy (non-hydrogen) atoms. The molecule has 1 aromatic carbocycles. The number of ether oxygens (including phenoxy) is 1. The van der Waals surface area contributed by atoms with Crippen molar-refractivity contribution in [3.63, 3.8) is 0 Å². The number of carboxylic acids is 1. The summed E-state index contributed by atoms with van der Waals surface area (Å²) in [5, 5.41) is 11.6. The van der Waals surface area contributed by atoms with Crippen LogP contribution in [-0.2, 0) is 16.1 Å². The average molecular weight is 386 g/mol. The zero-order valence-electron chi connectivity index (χ0n) is 15.3. The Hall–Kier alpha value is -3.29. The Morgan fingerprint density at radius 1 is 1.11 bits per heavy atom. The van der Waals surface area contributed by atoms with Crippen molar-refractivity contribution in [2.75, 3.05) is 19.7 Å². The van der Waals surface area contributed by atoms with Crippen molar-refractivity contribution in [3.8, 4) is 5.75 Å². The van der Waals surface area contributed by atoms with Crippen LogP contribution in [0.4, 0.5) is 0 Å². The highest BCUT2D eigenvalue weighted by Gasteiger charge is 2.27. The van der Waals surface area contributed by atoms with Crippen LogP contribution in [0.2, 0.25) is 0 Å². The normalized spacial score (nSPS) is 14.5. The number of nitrogens with zero attached hydrogens (tertiary/aromatic N) is 1. The van der Waals surface area contributed by atoms with Crippen LogP contribution in [0.3, 0.4) is 0 Å². The zero-order valence-corrected chi connectivity index (χ0v) is 15.3. The fraction of sp³-hybridized carbons (Fsp3) is 0.350. The van der Waals surface area contributed by atoms with Crippen molar-refractivity contribution < 1.29 is 28.6 Å². The molecule has 1 aliphatic heterocycles. The van der Waals surface area contributed by atoms with Crippen LogP contribution in [0.25, 0.3) is 0 Å². The van der Waals surface area contributed by atoms with Gasteiger partial charge >= 0.3 is 5.97 Å². The highest BCUT2D eigenvalue weighted by molar-refractivity contribution is 5.84. The van der Waals surface area contributed by atoms with E-state index in [4.69, 9.17) is 14.3 Å². The zero-order chi connectivity index (χ0) is 19.9. The second-order valence-electron chi connectivity index (χ2n) is 6.55. The molecule has 1 fully saturated rings. The average Bonchev–Trinajstić information content (AvgIpc) is 3.20. The van der Waals surface area contributed by atoms with E-state index in [1.165, 1.54) is 12.1 Å². The van der Waals surface area contributed by atoms with Crippen molar-refractivity contribution in [2.45, 2.75) is 19.4 Å². The van der Waals surface area contributed by atoms with Crippen LogP contribution in [0.5, 0.6) is 5.75 Å². The van der Waals surface area contributed by atoms with Gasteiger partial charge in [-0.3, -0.25) is 9.59 Å². The third-order valence-electron chi connectivity index (χ3n) is 4.63. The first-order valence-electron chi connectivity index (χ1n) is 9.08. The number of nitrogens with one attached hydrogen (secondary N) is 1. The number of carboxylic acid groups (broad SMARTS) is 1. The number of para-hydroxylation sites is 1. The molecule has 0 spiro atoms. The minimum atomic E-state index is -1.15. The summed E-state index contributed by atoms with van der Waals surface area (Å²) in [7, 11) is 0. The van der Waals surface area contributed by atoms with Gasteiger partial charge in [-0.25, -0.2) is 4.79 Å². The molecular weight excluding hydrogens is 364 g/mol. The Morgan fingerprint density at radius 3 is 2.46 bits per heavy atom. The molecule has 0 radical (unpaired) electrons. The summed E-state index contributed by atoms with van der Waals surface area (Å²) in [4.78, 5) is 37.1. The number of aromatic carboxylic acids is 1. The quantitative estimate of drug-likeness (QED) is 0.752. The van der Waals surface area contributed by atoms with E-state index >= 15 is 0 Å². The molecule has 8 heteroatoms. The summed E-state index contributed by atoms with van der Waals surface area (Å²) in [5.74, 6) is -0.682. The van der Waals surface area contributed by atoms with Crippen LogP contribution in [-0.4, -0.2) is 47.5 Å². The van der Waals surface area contributed by atoms with Crippen molar-refractivity contribution in [1.82, 2.24) is 10.2 Å².